The van der Waals surface area contributed by atoms with Gasteiger partial charge in [-0.1, -0.05) is 30.3 Å². The van der Waals surface area contributed by atoms with Crippen LogP contribution < -0.4 is 9.64 Å². The van der Waals surface area contributed by atoms with Crippen LogP contribution in [-0.2, 0) is 0 Å². The molecule has 7 nitrogen and oxygen atoms in total. The highest BCUT2D eigenvalue weighted by atomic mass is 16.6. The van der Waals surface area contributed by atoms with Crippen molar-refractivity contribution >= 4 is 17.3 Å². The summed E-state index contributed by atoms with van der Waals surface area (Å²) in [7, 11) is 0. The third kappa shape index (κ3) is 4.25. The summed E-state index contributed by atoms with van der Waals surface area (Å²) in [5, 5.41) is 10.8. The molecule has 4 rings (SSSR count). The lowest BCUT2D eigenvalue weighted by Gasteiger charge is -2.36. The molecule has 0 bridgehead atoms. The molecule has 0 N–H and O–H groups in total. The van der Waals surface area contributed by atoms with Gasteiger partial charge < -0.3 is 14.5 Å². The molecule has 0 atom stereocenters. The Bertz CT molecular complexity index is 1030. The first-order chi connectivity index (χ1) is 14.6. The van der Waals surface area contributed by atoms with E-state index < -0.39 is 4.92 Å². The number of carbonyl (C=O) groups is 1. The van der Waals surface area contributed by atoms with Crippen LogP contribution in [0.25, 0.3) is 0 Å². The van der Waals surface area contributed by atoms with E-state index in [4.69, 9.17) is 4.74 Å². The fraction of sp³-hybridized carbons (Fsp3) is 0.174. The van der Waals surface area contributed by atoms with Gasteiger partial charge in [0, 0.05) is 44.0 Å². The Labute approximate surface area is 174 Å². The minimum absolute atomic E-state index is 0.0649. The van der Waals surface area contributed by atoms with Gasteiger partial charge in [0.1, 0.15) is 11.5 Å². The van der Waals surface area contributed by atoms with Crippen LogP contribution in [0, 0.1) is 10.1 Å². The Morgan fingerprint density at radius 1 is 0.833 bits per heavy atom. The van der Waals surface area contributed by atoms with Crippen LogP contribution in [0.4, 0.5) is 11.4 Å². The molecule has 0 spiro atoms. The molecule has 0 aliphatic carbocycles. The average molecular weight is 403 g/mol. The fourth-order valence-electron chi connectivity index (χ4n) is 3.47. The highest BCUT2D eigenvalue weighted by molar-refractivity contribution is 5.97. The lowest BCUT2D eigenvalue weighted by molar-refractivity contribution is -0.384. The van der Waals surface area contributed by atoms with Crippen molar-refractivity contribution in [2.45, 2.75) is 0 Å². The Balaban J connectivity index is 1.43. The van der Waals surface area contributed by atoms with E-state index >= 15 is 0 Å². The number of piperazine rings is 1. The van der Waals surface area contributed by atoms with Gasteiger partial charge in [0.2, 0.25) is 0 Å². The molecule has 3 aromatic rings. The molecular formula is C23H21N3O4. The first-order valence-electron chi connectivity index (χ1n) is 9.72. The van der Waals surface area contributed by atoms with Crippen molar-refractivity contribution in [3.63, 3.8) is 0 Å². The lowest BCUT2D eigenvalue weighted by atomic mass is 10.1. The van der Waals surface area contributed by atoms with E-state index in [0.29, 0.717) is 43.2 Å². The number of nitro benzene ring substituents is 1. The number of benzene rings is 3. The van der Waals surface area contributed by atoms with Crippen molar-refractivity contribution in [2.75, 3.05) is 31.1 Å². The quantitative estimate of drug-likeness (QED) is 0.468. The number of para-hydroxylation sites is 2. The number of ether oxygens (including phenoxy) is 1. The largest absolute Gasteiger partial charge is 0.457 e. The summed E-state index contributed by atoms with van der Waals surface area (Å²) >= 11 is 0. The van der Waals surface area contributed by atoms with E-state index in [-0.39, 0.29) is 11.6 Å². The van der Waals surface area contributed by atoms with Crippen molar-refractivity contribution in [3.05, 3.63) is 94.5 Å². The molecule has 0 saturated carbocycles. The van der Waals surface area contributed by atoms with Gasteiger partial charge in [-0.05, 0) is 36.4 Å². The number of hydrogen-bond acceptors (Lipinski definition) is 5. The van der Waals surface area contributed by atoms with Crippen molar-refractivity contribution in [1.82, 2.24) is 4.90 Å². The fourth-order valence-corrected chi connectivity index (χ4v) is 3.47. The molecular weight excluding hydrogens is 382 g/mol. The van der Waals surface area contributed by atoms with Crippen LogP contribution in [0.5, 0.6) is 11.5 Å². The molecule has 0 radical (unpaired) electrons. The number of rotatable bonds is 5. The number of carbonyl (C=O) groups excluding carboxylic acids is 1. The van der Waals surface area contributed by atoms with E-state index in [0.717, 1.165) is 5.69 Å². The van der Waals surface area contributed by atoms with Crippen molar-refractivity contribution < 1.29 is 14.5 Å². The second-order valence-corrected chi connectivity index (χ2v) is 6.96. The SMILES string of the molecule is O=C(c1ccccc1Oc1ccccc1)N1CCN(c2ccc([N+](=O)[O-])cc2)CC1. The maximum atomic E-state index is 13.1. The number of nitrogens with zero attached hydrogens (tertiary/aromatic N) is 3. The molecule has 1 fully saturated rings. The molecule has 1 amide bonds. The minimum atomic E-state index is -0.407. The molecule has 3 aromatic carbocycles. The van der Waals surface area contributed by atoms with Crippen molar-refractivity contribution in [1.29, 1.82) is 0 Å². The van der Waals surface area contributed by atoms with Crippen LogP contribution >= 0.6 is 0 Å². The first kappa shape index (κ1) is 19.4. The van der Waals surface area contributed by atoms with Gasteiger partial charge in [0.05, 0.1) is 10.5 Å². The number of amides is 1. The molecule has 1 saturated heterocycles. The maximum Gasteiger partial charge on any atom is 0.269 e. The van der Waals surface area contributed by atoms with Crippen LogP contribution in [0.3, 0.4) is 0 Å². The molecule has 1 heterocycles. The summed E-state index contributed by atoms with van der Waals surface area (Å²) in [5.74, 6) is 1.15. The number of non-ortho nitro benzene ring substituents is 1. The summed E-state index contributed by atoms with van der Waals surface area (Å²) in [6.45, 7) is 2.45. The molecule has 1 aliphatic heterocycles. The van der Waals surface area contributed by atoms with Crippen LogP contribution in [0.1, 0.15) is 10.4 Å². The predicted octanol–water partition coefficient (Wildman–Crippen LogP) is 4.35. The number of nitro groups is 1. The van der Waals surface area contributed by atoms with E-state index in [2.05, 4.69) is 4.90 Å². The van der Waals surface area contributed by atoms with E-state index in [1.807, 2.05) is 47.4 Å². The summed E-state index contributed by atoms with van der Waals surface area (Å²) in [4.78, 5) is 27.5. The zero-order chi connectivity index (χ0) is 20.9. The van der Waals surface area contributed by atoms with Gasteiger partial charge in [-0.25, -0.2) is 0 Å². The van der Waals surface area contributed by atoms with Crippen LogP contribution in [0.2, 0.25) is 0 Å². The topological polar surface area (TPSA) is 75.9 Å². The van der Waals surface area contributed by atoms with Crippen LogP contribution in [-0.4, -0.2) is 41.9 Å². The molecule has 0 aromatic heterocycles. The highest BCUT2D eigenvalue weighted by Gasteiger charge is 2.24. The van der Waals surface area contributed by atoms with Gasteiger partial charge in [-0.15, -0.1) is 0 Å². The smallest absolute Gasteiger partial charge is 0.269 e. The second kappa shape index (κ2) is 8.65. The summed E-state index contributed by atoms with van der Waals surface area (Å²) < 4.78 is 5.93. The molecule has 0 unspecified atom stereocenters. The van der Waals surface area contributed by atoms with Gasteiger partial charge in [-0.2, -0.15) is 0 Å². The Hall–Kier alpha value is -3.87. The summed E-state index contributed by atoms with van der Waals surface area (Å²) in [6, 6.07) is 23.2. The number of hydrogen-bond donors (Lipinski definition) is 0. The maximum absolute atomic E-state index is 13.1. The molecule has 1 aliphatic rings. The Kier molecular flexibility index (Phi) is 5.61. The second-order valence-electron chi connectivity index (χ2n) is 6.96. The van der Waals surface area contributed by atoms with Gasteiger partial charge in [0.15, 0.2) is 0 Å². The van der Waals surface area contributed by atoms with Gasteiger partial charge >= 0.3 is 0 Å². The number of anilines is 1. The Morgan fingerprint density at radius 3 is 2.13 bits per heavy atom. The summed E-state index contributed by atoms with van der Waals surface area (Å²) in [6.07, 6.45) is 0. The minimum Gasteiger partial charge on any atom is -0.457 e. The molecule has 152 valence electrons. The van der Waals surface area contributed by atoms with E-state index in [1.54, 1.807) is 24.3 Å². The van der Waals surface area contributed by atoms with Crippen molar-refractivity contribution in [3.8, 4) is 11.5 Å². The zero-order valence-electron chi connectivity index (χ0n) is 16.3. The first-order valence-corrected chi connectivity index (χ1v) is 9.72. The third-order valence-electron chi connectivity index (χ3n) is 5.08. The highest BCUT2D eigenvalue weighted by Crippen LogP contribution is 2.27. The zero-order valence-corrected chi connectivity index (χ0v) is 16.3. The predicted molar refractivity (Wildman–Crippen MR) is 114 cm³/mol. The Morgan fingerprint density at radius 2 is 1.47 bits per heavy atom. The molecule has 30 heavy (non-hydrogen) atoms. The van der Waals surface area contributed by atoms with Gasteiger partial charge in [-0.3, -0.25) is 14.9 Å². The van der Waals surface area contributed by atoms with Crippen molar-refractivity contribution in [2.24, 2.45) is 0 Å². The van der Waals surface area contributed by atoms with E-state index in [1.165, 1.54) is 12.1 Å². The lowest BCUT2D eigenvalue weighted by Crippen LogP contribution is -2.48. The van der Waals surface area contributed by atoms with E-state index in [9.17, 15) is 14.9 Å². The average Bonchev–Trinajstić information content (AvgIpc) is 2.80. The monoisotopic (exact) mass is 403 g/mol. The third-order valence-corrected chi connectivity index (χ3v) is 5.08. The molecule has 7 heteroatoms. The normalized spacial score (nSPS) is 13.7. The van der Waals surface area contributed by atoms with Gasteiger partial charge in [0.25, 0.3) is 11.6 Å². The standard InChI is InChI=1S/C23H21N3O4/c27-23(21-8-4-5-9-22(21)30-20-6-2-1-3-7-20)25-16-14-24(15-17-25)18-10-12-19(13-11-18)26(28)29/h1-13H,14-17H2. The van der Waals surface area contributed by atoms with Crippen LogP contribution in [0.15, 0.2) is 78.9 Å². The summed E-state index contributed by atoms with van der Waals surface area (Å²) in [5.41, 5.74) is 1.52.